The van der Waals surface area contributed by atoms with Gasteiger partial charge in [-0.25, -0.2) is 0 Å². The summed E-state index contributed by atoms with van der Waals surface area (Å²) < 4.78 is 10.7. The molecule has 0 radical (unpaired) electrons. The molecule has 3 nitrogen and oxygen atoms in total. The van der Waals surface area contributed by atoms with Crippen molar-refractivity contribution in [3.8, 4) is 11.5 Å². The molecular weight excluding hydrogens is 250 g/mol. The minimum Gasteiger partial charge on any atom is -0.497 e. The highest BCUT2D eigenvalue weighted by molar-refractivity contribution is 5.59. The Balaban J connectivity index is 2.13. The summed E-state index contributed by atoms with van der Waals surface area (Å²) in [5.41, 5.74) is 1.47. The molecule has 0 spiro atoms. The number of rotatable bonds is 4. The molecule has 1 fully saturated rings. The summed E-state index contributed by atoms with van der Waals surface area (Å²) >= 11 is 0. The molecule has 1 N–H and O–H groups in total. The van der Waals surface area contributed by atoms with Crippen LogP contribution >= 0.6 is 0 Å². The van der Waals surface area contributed by atoms with Gasteiger partial charge in [-0.3, -0.25) is 0 Å². The number of nitrogens with one attached hydrogen (secondary N) is 1. The van der Waals surface area contributed by atoms with Crippen molar-refractivity contribution in [1.82, 2.24) is 0 Å². The fraction of sp³-hybridized carbons (Fsp3) is 0.647. The molecule has 0 amide bonds. The van der Waals surface area contributed by atoms with Gasteiger partial charge in [-0.15, -0.1) is 0 Å². The van der Waals surface area contributed by atoms with Crippen LogP contribution in [0.15, 0.2) is 18.2 Å². The van der Waals surface area contributed by atoms with Gasteiger partial charge in [0.05, 0.1) is 19.9 Å². The first-order valence-electron chi connectivity index (χ1n) is 7.42. The van der Waals surface area contributed by atoms with Crippen LogP contribution in [0, 0.1) is 11.3 Å². The molecule has 2 atom stereocenters. The van der Waals surface area contributed by atoms with E-state index in [2.05, 4.69) is 26.1 Å². The fourth-order valence-electron chi connectivity index (χ4n) is 3.59. The lowest BCUT2D eigenvalue weighted by Gasteiger charge is -2.39. The molecule has 0 aliphatic heterocycles. The molecule has 1 saturated carbocycles. The van der Waals surface area contributed by atoms with Gasteiger partial charge in [-0.1, -0.05) is 20.8 Å². The van der Waals surface area contributed by atoms with Gasteiger partial charge in [0.15, 0.2) is 0 Å². The Morgan fingerprint density at radius 3 is 2.50 bits per heavy atom. The molecule has 20 heavy (non-hydrogen) atoms. The van der Waals surface area contributed by atoms with E-state index in [1.54, 1.807) is 14.2 Å². The van der Waals surface area contributed by atoms with Gasteiger partial charge in [0.1, 0.15) is 11.5 Å². The maximum Gasteiger partial charge on any atom is 0.145 e. The van der Waals surface area contributed by atoms with Gasteiger partial charge < -0.3 is 14.8 Å². The van der Waals surface area contributed by atoms with Gasteiger partial charge in [0.2, 0.25) is 0 Å². The first kappa shape index (κ1) is 15.0. The minimum absolute atomic E-state index is 0.412. The van der Waals surface area contributed by atoms with Gasteiger partial charge >= 0.3 is 0 Å². The maximum absolute atomic E-state index is 5.47. The number of methoxy groups -OCH3 is 2. The standard InChI is InChI=1S/C17H27NO2/c1-12-8-13(11-17(2,3)10-12)18-15-7-6-14(19-4)9-16(15)20-5/h6-7,9,12-13,18H,8,10-11H2,1-5H3. The molecule has 0 aromatic heterocycles. The zero-order valence-electron chi connectivity index (χ0n) is 13.3. The molecule has 1 aromatic carbocycles. The molecule has 1 aromatic rings. The van der Waals surface area contributed by atoms with Gasteiger partial charge in [0, 0.05) is 12.1 Å². The first-order valence-corrected chi connectivity index (χ1v) is 7.42. The first-order chi connectivity index (χ1) is 9.43. The highest BCUT2D eigenvalue weighted by Gasteiger charge is 2.32. The summed E-state index contributed by atoms with van der Waals surface area (Å²) in [5, 5.41) is 3.66. The van der Waals surface area contributed by atoms with E-state index in [4.69, 9.17) is 9.47 Å². The third-order valence-electron chi connectivity index (χ3n) is 4.16. The summed E-state index contributed by atoms with van der Waals surface area (Å²) in [5.74, 6) is 2.44. The summed E-state index contributed by atoms with van der Waals surface area (Å²) in [6, 6.07) is 6.46. The summed E-state index contributed by atoms with van der Waals surface area (Å²) in [4.78, 5) is 0. The second-order valence-electron chi connectivity index (χ2n) is 6.82. The smallest absolute Gasteiger partial charge is 0.145 e. The van der Waals surface area contributed by atoms with E-state index >= 15 is 0 Å². The van der Waals surface area contributed by atoms with Crippen LogP contribution in [0.5, 0.6) is 11.5 Å². The second kappa shape index (κ2) is 5.94. The van der Waals surface area contributed by atoms with Crippen LogP contribution in [0.1, 0.15) is 40.0 Å². The normalized spacial score (nSPS) is 25.1. The molecule has 0 saturated heterocycles. The van der Waals surface area contributed by atoms with Crippen LogP contribution < -0.4 is 14.8 Å². The monoisotopic (exact) mass is 277 g/mol. The number of hydrogen-bond acceptors (Lipinski definition) is 3. The Bertz CT molecular complexity index is 456. The molecule has 3 heteroatoms. The van der Waals surface area contributed by atoms with Crippen molar-refractivity contribution < 1.29 is 9.47 Å². The summed E-state index contributed by atoms with van der Waals surface area (Å²) in [6.07, 6.45) is 3.73. The lowest BCUT2D eigenvalue weighted by molar-refractivity contribution is 0.178. The van der Waals surface area contributed by atoms with Crippen LogP contribution in [-0.2, 0) is 0 Å². The van der Waals surface area contributed by atoms with Crippen molar-refractivity contribution in [2.45, 2.75) is 46.1 Å². The van der Waals surface area contributed by atoms with E-state index in [9.17, 15) is 0 Å². The van der Waals surface area contributed by atoms with Crippen LogP contribution in [0.4, 0.5) is 5.69 Å². The minimum atomic E-state index is 0.412. The van der Waals surface area contributed by atoms with E-state index in [1.165, 1.54) is 19.3 Å². The maximum atomic E-state index is 5.47. The average molecular weight is 277 g/mol. The van der Waals surface area contributed by atoms with Crippen LogP contribution in [-0.4, -0.2) is 20.3 Å². The molecular formula is C17H27NO2. The molecule has 1 aliphatic carbocycles. The molecule has 0 bridgehead atoms. The SMILES string of the molecule is COc1ccc(NC2CC(C)CC(C)(C)C2)c(OC)c1. The molecule has 2 unspecified atom stereocenters. The van der Waals surface area contributed by atoms with Crippen molar-refractivity contribution in [2.75, 3.05) is 19.5 Å². The number of benzene rings is 1. The zero-order chi connectivity index (χ0) is 14.8. The lowest BCUT2D eigenvalue weighted by Crippen LogP contribution is -2.35. The quantitative estimate of drug-likeness (QED) is 0.888. The lowest BCUT2D eigenvalue weighted by atomic mass is 9.70. The highest BCUT2D eigenvalue weighted by atomic mass is 16.5. The third-order valence-corrected chi connectivity index (χ3v) is 4.16. The van der Waals surface area contributed by atoms with E-state index in [0.29, 0.717) is 11.5 Å². The Morgan fingerprint density at radius 2 is 1.90 bits per heavy atom. The second-order valence-corrected chi connectivity index (χ2v) is 6.82. The zero-order valence-corrected chi connectivity index (χ0v) is 13.3. The molecule has 0 heterocycles. The van der Waals surface area contributed by atoms with Gasteiger partial charge in [-0.05, 0) is 42.7 Å². The van der Waals surface area contributed by atoms with E-state index < -0.39 is 0 Å². The molecule has 112 valence electrons. The van der Waals surface area contributed by atoms with E-state index in [-0.39, 0.29) is 0 Å². The number of anilines is 1. The van der Waals surface area contributed by atoms with Crippen LogP contribution in [0.2, 0.25) is 0 Å². The Labute approximate surface area is 122 Å². The summed E-state index contributed by atoms with van der Waals surface area (Å²) in [6.45, 7) is 7.08. The van der Waals surface area contributed by atoms with E-state index in [0.717, 1.165) is 23.1 Å². The van der Waals surface area contributed by atoms with Crippen molar-refractivity contribution in [3.05, 3.63) is 18.2 Å². The molecule has 1 aliphatic rings. The summed E-state index contributed by atoms with van der Waals surface area (Å²) in [7, 11) is 3.38. The third kappa shape index (κ3) is 3.59. The Kier molecular flexibility index (Phi) is 4.46. The van der Waals surface area contributed by atoms with Crippen molar-refractivity contribution in [2.24, 2.45) is 11.3 Å². The average Bonchev–Trinajstić information content (AvgIpc) is 2.36. The van der Waals surface area contributed by atoms with Crippen molar-refractivity contribution in [3.63, 3.8) is 0 Å². The molecule has 2 rings (SSSR count). The Hall–Kier alpha value is -1.38. The Morgan fingerprint density at radius 1 is 1.15 bits per heavy atom. The fourth-order valence-corrected chi connectivity index (χ4v) is 3.59. The highest BCUT2D eigenvalue weighted by Crippen LogP contribution is 2.40. The predicted molar refractivity (Wildman–Crippen MR) is 83.8 cm³/mol. The van der Waals surface area contributed by atoms with Crippen molar-refractivity contribution in [1.29, 1.82) is 0 Å². The van der Waals surface area contributed by atoms with Gasteiger partial charge in [0.25, 0.3) is 0 Å². The predicted octanol–water partition coefficient (Wildman–Crippen LogP) is 4.33. The largest absolute Gasteiger partial charge is 0.497 e. The van der Waals surface area contributed by atoms with E-state index in [1.807, 2.05) is 18.2 Å². The van der Waals surface area contributed by atoms with Crippen molar-refractivity contribution >= 4 is 5.69 Å². The van der Waals surface area contributed by atoms with Gasteiger partial charge in [-0.2, -0.15) is 0 Å². The van der Waals surface area contributed by atoms with Crippen LogP contribution in [0.25, 0.3) is 0 Å². The number of hydrogen-bond donors (Lipinski definition) is 1. The number of ether oxygens (including phenoxy) is 2. The topological polar surface area (TPSA) is 30.5 Å². The van der Waals surface area contributed by atoms with Crippen LogP contribution in [0.3, 0.4) is 0 Å².